The number of aromatic nitrogens is 4. The van der Waals surface area contributed by atoms with Crippen LogP contribution in [-0.4, -0.2) is 26.8 Å². The van der Waals surface area contributed by atoms with E-state index in [1.165, 1.54) is 0 Å². The Bertz CT molecular complexity index is 571. The number of aryl methyl sites for hydroxylation is 2. The molecule has 0 aliphatic heterocycles. The Morgan fingerprint density at radius 3 is 2.58 bits per heavy atom. The van der Waals surface area contributed by atoms with Gasteiger partial charge in [-0.05, 0) is 20.3 Å². The number of hydrogen-bond donors (Lipinski definition) is 1. The van der Waals surface area contributed by atoms with Crippen molar-refractivity contribution in [3.63, 3.8) is 0 Å². The topological polar surface area (TPSA) is 55.6 Å². The molecule has 0 radical (unpaired) electrons. The van der Waals surface area contributed by atoms with Gasteiger partial charge in [0.2, 0.25) is 0 Å². The summed E-state index contributed by atoms with van der Waals surface area (Å²) in [5.41, 5.74) is 1.75. The number of halogens is 1. The molecule has 0 saturated heterocycles. The van der Waals surface area contributed by atoms with Crippen molar-refractivity contribution in [2.45, 2.75) is 33.6 Å². The first-order valence-electron chi connectivity index (χ1n) is 6.34. The Labute approximate surface area is 118 Å². The summed E-state index contributed by atoms with van der Waals surface area (Å²) in [6, 6.07) is 0. The number of hydrogen-bond acceptors (Lipinski definition) is 4. The van der Waals surface area contributed by atoms with Crippen LogP contribution in [0.2, 0.25) is 5.02 Å². The highest BCUT2D eigenvalue weighted by Crippen LogP contribution is 2.21. The van der Waals surface area contributed by atoms with Crippen LogP contribution in [0.4, 0.5) is 5.82 Å². The third kappa shape index (κ3) is 2.71. The average molecular weight is 280 g/mol. The standard InChI is InChI=1S/C13H18ClN5/c1-5-6-11-16-12(15-4)8(2)13(17-11)19-7-10(14)9(3)18-19/h7H,5-6H2,1-4H3,(H,15,16,17). The van der Waals surface area contributed by atoms with E-state index in [0.717, 1.165) is 41.6 Å². The summed E-state index contributed by atoms with van der Waals surface area (Å²) in [6.07, 6.45) is 3.63. The molecule has 1 N–H and O–H groups in total. The van der Waals surface area contributed by atoms with E-state index < -0.39 is 0 Å². The lowest BCUT2D eigenvalue weighted by Crippen LogP contribution is -2.10. The van der Waals surface area contributed by atoms with E-state index >= 15 is 0 Å². The van der Waals surface area contributed by atoms with Crippen LogP contribution < -0.4 is 5.32 Å². The molecule has 0 aliphatic rings. The van der Waals surface area contributed by atoms with Crippen LogP contribution >= 0.6 is 11.6 Å². The van der Waals surface area contributed by atoms with Crippen LogP contribution in [0.3, 0.4) is 0 Å². The molecule has 0 atom stereocenters. The van der Waals surface area contributed by atoms with Crippen LogP contribution in [0.15, 0.2) is 6.20 Å². The van der Waals surface area contributed by atoms with Crippen LogP contribution in [0.1, 0.15) is 30.4 Å². The lowest BCUT2D eigenvalue weighted by molar-refractivity contribution is 0.773. The van der Waals surface area contributed by atoms with E-state index in [2.05, 4.69) is 27.3 Å². The zero-order valence-corrected chi connectivity index (χ0v) is 12.4. The molecule has 2 aromatic rings. The van der Waals surface area contributed by atoms with Gasteiger partial charge in [0, 0.05) is 19.0 Å². The third-order valence-electron chi connectivity index (χ3n) is 2.93. The maximum atomic E-state index is 6.06. The first-order valence-corrected chi connectivity index (χ1v) is 6.72. The first-order chi connectivity index (χ1) is 9.06. The highest BCUT2D eigenvalue weighted by atomic mass is 35.5. The van der Waals surface area contributed by atoms with Crippen LogP contribution in [0.5, 0.6) is 0 Å². The predicted octanol–water partition coefficient (Wildman–Crippen LogP) is 2.93. The maximum Gasteiger partial charge on any atom is 0.162 e. The Morgan fingerprint density at radius 2 is 2.05 bits per heavy atom. The second-order valence-electron chi connectivity index (χ2n) is 4.44. The molecule has 0 aliphatic carbocycles. The summed E-state index contributed by atoms with van der Waals surface area (Å²) in [7, 11) is 1.86. The third-order valence-corrected chi connectivity index (χ3v) is 3.30. The van der Waals surface area contributed by atoms with Crippen LogP contribution in [-0.2, 0) is 6.42 Å². The van der Waals surface area contributed by atoms with Crippen molar-refractivity contribution in [1.82, 2.24) is 19.7 Å². The van der Waals surface area contributed by atoms with Gasteiger partial charge < -0.3 is 5.32 Å². The van der Waals surface area contributed by atoms with Gasteiger partial charge in [-0.1, -0.05) is 18.5 Å². The predicted molar refractivity (Wildman–Crippen MR) is 77.2 cm³/mol. The molecule has 2 aromatic heterocycles. The van der Waals surface area contributed by atoms with E-state index in [0.29, 0.717) is 5.02 Å². The van der Waals surface area contributed by atoms with Gasteiger partial charge in [-0.2, -0.15) is 5.10 Å². The SMILES string of the molecule is CCCc1nc(NC)c(C)c(-n2cc(Cl)c(C)n2)n1. The fourth-order valence-corrected chi connectivity index (χ4v) is 2.03. The quantitative estimate of drug-likeness (QED) is 0.935. The summed E-state index contributed by atoms with van der Waals surface area (Å²) >= 11 is 6.06. The molecule has 0 spiro atoms. The van der Waals surface area contributed by atoms with Gasteiger partial charge in [0.05, 0.1) is 16.9 Å². The summed E-state index contributed by atoms with van der Waals surface area (Å²) < 4.78 is 1.72. The lowest BCUT2D eigenvalue weighted by atomic mass is 10.2. The Kier molecular flexibility index (Phi) is 4.04. The van der Waals surface area contributed by atoms with Gasteiger partial charge >= 0.3 is 0 Å². The monoisotopic (exact) mass is 279 g/mol. The molecule has 0 saturated carbocycles. The molecule has 0 aromatic carbocycles. The molecular formula is C13H18ClN5. The molecule has 0 bridgehead atoms. The van der Waals surface area contributed by atoms with Crippen LogP contribution in [0, 0.1) is 13.8 Å². The summed E-state index contributed by atoms with van der Waals surface area (Å²) in [6.45, 7) is 5.96. The minimum atomic E-state index is 0.640. The fraction of sp³-hybridized carbons (Fsp3) is 0.462. The normalized spacial score (nSPS) is 10.8. The van der Waals surface area contributed by atoms with Crippen molar-refractivity contribution in [2.75, 3.05) is 12.4 Å². The molecule has 0 unspecified atom stereocenters. The largest absolute Gasteiger partial charge is 0.373 e. The number of nitrogens with zero attached hydrogens (tertiary/aromatic N) is 4. The molecule has 2 heterocycles. The molecule has 2 rings (SSSR count). The minimum Gasteiger partial charge on any atom is -0.373 e. The van der Waals surface area contributed by atoms with Gasteiger partial charge in [0.25, 0.3) is 0 Å². The van der Waals surface area contributed by atoms with E-state index in [-0.39, 0.29) is 0 Å². The summed E-state index contributed by atoms with van der Waals surface area (Å²) in [5.74, 6) is 2.42. The van der Waals surface area contributed by atoms with Gasteiger partial charge in [-0.25, -0.2) is 14.6 Å². The number of rotatable bonds is 4. The van der Waals surface area contributed by atoms with Crippen molar-refractivity contribution in [1.29, 1.82) is 0 Å². The second kappa shape index (κ2) is 5.57. The van der Waals surface area contributed by atoms with Crippen molar-refractivity contribution in [2.24, 2.45) is 0 Å². The van der Waals surface area contributed by atoms with Gasteiger partial charge in [-0.3, -0.25) is 0 Å². The molecule has 0 fully saturated rings. The van der Waals surface area contributed by atoms with Gasteiger partial charge in [-0.15, -0.1) is 0 Å². The molecule has 6 heteroatoms. The molecule has 102 valence electrons. The van der Waals surface area contributed by atoms with Crippen molar-refractivity contribution in [3.8, 4) is 5.82 Å². The molecule has 5 nitrogen and oxygen atoms in total. The van der Waals surface area contributed by atoms with Crippen LogP contribution in [0.25, 0.3) is 5.82 Å². The second-order valence-corrected chi connectivity index (χ2v) is 4.85. The Hall–Kier alpha value is -1.62. The van der Waals surface area contributed by atoms with E-state index in [1.807, 2.05) is 20.9 Å². The van der Waals surface area contributed by atoms with Gasteiger partial charge in [0.1, 0.15) is 11.6 Å². The zero-order valence-electron chi connectivity index (χ0n) is 11.7. The molecule has 19 heavy (non-hydrogen) atoms. The summed E-state index contributed by atoms with van der Waals surface area (Å²) in [5, 5.41) is 8.12. The highest BCUT2D eigenvalue weighted by Gasteiger charge is 2.13. The smallest absolute Gasteiger partial charge is 0.162 e. The Morgan fingerprint density at radius 1 is 1.32 bits per heavy atom. The first kappa shape index (κ1) is 13.8. The number of anilines is 1. The minimum absolute atomic E-state index is 0.640. The fourth-order valence-electron chi connectivity index (χ4n) is 1.90. The summed E-state index contributed by atoms with van der Waals surface area (Å²) in [4.78, 5) is 9.09. The highest BCUT2D eigenvalue weighted by molar-refractivity contribution is 6.31. The number of nitrogens with one attached hydrogen (secondary N) is 1. The Balaban J connectivity index is 2.57. The lowest BCUT2D eigenvalue weighted by Gasteiger charge is -2.11. The maximum absolute atomic E-state index is 6.06. The van der Waals surface area contributed by atoms with Crippen molar-refractivity contribution >= 4 is 17.4 Å². The van der Waals surface area contributed by atoms with E-state index in [4.69, 9.17) is 11.6 Å². The van der Waals surface area contributed by atoms with E-state index in [9.17, 15) is 0 Å². The zero-order chi connectivity index (χ0) is 14.0. The van der Waals surface area contributed by atoms with Gasteiger partial charge in [0.15, 0.2) is 5.82 Å². The van der Waals surface area contributed by atoms with Crippen molar-refractivity contribution in [3.05, 3.63) is 28.3 Å². The molecule has 0 amide bonds. The van der Waals surface area contributed by atoms with E-state index in [1.54, 1.807) is 10.9 Å². The van der Waals surface area contributed by atoms with Crippen molar-refractivity contribution < 1.29 is 0 Å². The average Bonchev–Trinajstić information content (AvgIpc) is 2.71. The molecular weight excluding hydrogens is 262 g/mol.